The minimum absolute atomic E-state index is 0.178. The molecule has 0 fully saturated rings. The number of hydrogen-bond donors (Lipinski definition) is 0. The van der Waals surface area contributed by atoms with Gasteiger partial charge in [-0.05, 0) is 78.6 Å². The topological polar surface area (TPSA) is 52.6 Å². The van der Waals surface area contributed by atoms with E-state index in [2.05, 4.69) is 52.0 Å². The molecule has 1 aliphatic rings. The van der Waals surface area contributed by atoms with Crippen molar-refractivity contribution < 1.29 is 17.9 Å². The second kappa shape index (κ2) is 12.1. The van der Waals surface area contributed by atoms with E-state index in [-0.39, 0.29) is 10.3 Å². The molecule has 0 saturated heterocycles. The van der Waals surface area contributed by atoms with Crippen molar-refractivity contribution in [1.82, 2.24) is 0 Å². The quantitative estimate of drug-likeness (QED) is 0.325. The van der Waals surface area contributed by atoms with Gasteiger partial charge in [0.1, 0.15) is 17.2 Å². The van der Waals surface area contributed by atoms with Gasteiger partial charge in [-0.3, -0.25) is 0 Å². The fraction of sp³-hybridized carbons (Fsp3) is 0.290. The molecule has 4 nitrogen and oxygen atoms in total. The van der Waals surface area contributed by atoms with Crippen LogP contribution in [0.15, 0.2) is 101 Å². The first kappa shape index (κ1) is 27.3. The minimum Gasteiger partial charge on any atom is -0.497 e. The lowest BCUT2D eigenvalue weighted by atomic mass is 9.78. The first-order chi connectivity index (χ1) is 17.2. The second-order valence-electron chi connectivity index (χ2n) is 9.25. The Morgan fingerprint density at radius 3 is 1.67 bits per heavy atom. The SMILES string of the molecule is CCC.COc1ccc(C(C)(C)c2ccc(Oc3ccc(S(=O)(=O)C4=CCCC=C4)cc3)cc2)cc1. The van der Waals surface area contributed by atoms with Crippen molar-refractivity contribution in [1.29, 1.82) is 0 Å². The van der Waals surface area contributed by atoms with Crippen LogP contribution in [0.1, 0.15) is 58.1 Å². The van der Waals surface area contributed by atoms with Gasteiger partial charge in [-0.15, -0.1) is 0 Å². The largest absolute Gasteiger partial charge is 0.497 e. The molecule has 0 saturated carbocycles. The molecule has 0 atom stereocenters. The lowest BCUT2D eigenvalue weighted by Crippen LogP contribution is -2.18. The van der Waals surface area contributed by atoms with Crippen molar-refractivity contribution in [2.24, 2.45) is 0 Å². The zero-order valence-corrected chi connectivity index (χ0v) is 22.6. The molecule has 4 rings (SSSR count). The van der Waals surface area contributed by atoms with E-state index in [1.165, 1.54) is 12.0 Å². The molecule has 3 aromatic rings. The summed E-state index contributed by atoms with van der Waals surface area (Å²) >= 11 is 0. The Balaban J connectivity index is 0.00000115. The van der Waals surface area contributed by atoms with E-state index in [0.29, 0.717) is 16.4 Å². The van der Waals surface area contributed by atoms with Gasteiger partial charge in [0.2, 0.25) is 9.84 Å². The Labute approximate surface area is 216 Å². The molecule has 36 heavy (non-hydrogen) atoms. The molecule has 190 valence electrons. The van der Waals surface area contributed by atoms with Gasteiger partial charge in [-0.1, -0.05) is 70.5 Å². The van der Waals surface area contributed by atoms with Crippen LogP contribution in [0.3, 0.4) is 0 Å². The van der Waals surface area contributed by atoms with Gasteiger partial charge in [0, 0.05) is 5.41 Å². The molecule has 1 aliphatic carbocycles. The number of rotatable bonds is 7. The first-order valence-corrected chi connectivity index (χ1v) is 13.9. The van der Waals surface area contributed by atoms with Gasteiger partial charge in [0.15, 0.2) is 0 Å². The van der Waals surface area contributed by atoms with Crippen LogP contribution >= 0.6 is 0 Å². The molecule has 3 aromatic carbocycles. The minimum atomic E-state index is -3.49. The van der Waals surface area contributed by atoms with Gasteiger partial charge >= 0.3 is 0 Å². The fourth-order valence-electron chi connectivity index (χ4n) is 3.86. The van der Waals surface area contributed by atoms with E-state index >= 15 is 0 Å². The van der Waals surface area contributed by atoms with Crippen LogP contribution in [0.2, 0.25) is 0 Å². The number of ether oxygens (including phenoxy) is 2. The monoisotopic (exact) mass is 504 g/mol. The standard InChI is InChI=1S/C28H28O4S.C3H8/c1-28(2,21-9-13-23(31-3)14-10-21)22-11-15-24(16-12-22)32-25-17-19-27(20-18-25)33(29,30)26-7-5-4-6-8-26;1-3-2/h5,7-20H,4,6H2,1-3H3;3H2,1-2H3. The molecule has 0 heterocycles. The van der Waals surface area contributed by atoms with Crippen LogP contribution in [-0.4, -0.2) is 15.5 Å². The number of hydrogen-bond acceptors (Lipinski definition) is 4. The summed E-state index contributed by atoms with van der Waals surface area (Å²) in [5.41, 5.74) is 2.18. The lowest BCUT2D eigenvalue weighted by molar-refractivity contribution is 0.414. The number of allylic oxidation sites excluding steroid dienone is 3. The Hall–Kier alpha value is -3.31. The van der Waals surface area contributed by atoms with Crippen molar-refractivity contribution in [3.63, 3.8) is 0 Å². The average molecular weight is 505 g/mol. The summed E-state index contributed by atoms with van der Waals surface area (Å²) in [7, 11) is -1.83. The van der Waals surface area contributed by atoms with Crippen molar-refractivity contribution in [3.8, 4) is 17.2 Å². The summed E-state index contributed by atoms with van der Waals surface area (Å²) in [5.74, 6) is 2.12. The van der Waals surface area contributed by atoms with E-state index in [1.54, 1.807) is 43.5 Å². The number of benzene rings is 3. The normalized spacial score (nSPS) is 13.3. The molecule has 0 spiro atoms. The molecule has 0 aliphatic heterocycles. The smallest absolute Gasteiger partial charge is 0.206 e. The summed E-state index contributed by atoms with van der Waals surface area (Å²) in [6.45, 7) is 8.61. The summed E-state index contributed by atoms with van der Waals surface area (Å²) in [4.78, 5) is 0.627. The second-order valence-corrected chi connectivity index (χ2v) is 11.2. The highest BCUT2D eigenvalue weighted by Gasteiger charge is 2.23. The molecule has 5 heteroatoms. The van der Waals surface area contributed by atoms with Crippen molar-refractivity contribution in [3.05, 3.63) is 107 Å². The Bertz CT molecular complexity index is 1280. The molecule has 0 aromatic heterocycles. The first-order valence-electron chi connectivity index (χ1n) is 12.4. The summed E-state index contributed by atoms with van der Waals surface area (Å²) in [5, 5.41) is 0. The van der Waals surface area contributed by atoms with E-state index in [9.17, 15) is 8.42 Å². The third kappa shape index (κ3) is 6.46. The molecule has 0 bridgehead atoms. The Kier molecular flexibility index (Phi) is 9.16. The average Bonchev–Trinajstić information content (AvgIpc) is 2.90. The van der Waals surface area contributed by atoms with Crippen LogP contribution < -0.4 is 9.47 Å². The van der Waals surface area contributed by atoms with Crippen LogP contribution in [0.4, 0.5) is 0 Å². The third-order valence-corrected chi connectivity index (χ3v) is 7.84. The van der Waals surface area contributed by atoms with E-state index in [0.717, 1.165) is 24.2 Å². The zero-order chi connectivity index (χ0) is 26.2. The molecule has 0 N–H and O–H groups in total. The molecule has 0 amide bonds. The third-order valence-electron chi connectivity index (χ3n) is 6.03. The molecular weight excluding hydrogens is 468 g/mol. The predicted octanol–water partition coefficient (Wildman–Crippen LogP) is 8.24. The van der Waals surface area contributed by atoms with Crippen LogP contribution in [0.5, 0.6) is 17.2 Å². The van der Waals surface area contributed by atoms with Gasteiger partial charge in [0.05, 0.1) is 16.9 Å². The van der Waals surface area contributed by atoms with Crippen LogP contribution in [-0.2, 0) is 15.3 Å². The van der Waals surface area contributed by atoms with Crippen LogP contribution in [0, 0.1) is 0 Å². The maximum absolute atomic E-state index is 12.8. The van der Waals surface area contributed by atoms with Crippen molar-refractivity contribution in [2.75, 3.05) is 7.11 Å². The van der Waals surface area contributed by atoms with Gasteiger partial charge in [0.25, 0.3) is 0 Å². The predicted molar refractivity (Wildman–Crippen MR) is 148 cm³/mol. The van der Waals surface area contributed by atoms with Gasteiger partial charge < -0.3 is 9.47 Å². The van der Waals surface area contributed by atoms with Crippen molar-refractivity contribution in [2.45, 2.75) is 57.3 Å². The number of methoxy groups -OCH3 is 1. The van der Waals surface area contributed by atoms with Crippen molar-refractivity contribution >= 4 is 9.84 Å². The lowest BCUT2D eigenvalue weighted by Gasteiger charge is -2.26. The van der Waals surface area contributed by atoms with E-state index in [4.69, 9.17) is 9.47 Å². The fourth-order valence-corrected chi connectivity index (χ4v) is 5.24. The maximum atomic E-state index is 12.8. The summed E-state index contributed by atoms with van der Waals surface area (Å²) < 4.78 is 36.8. The highest BCUT2D eigenvalue weighted by molar-refractivity contribution is 7.95. The van der Waals surface area contributed by atoms with Crippen LogP contribution in [0.25, 0.3) is 0 Å². The summed E-state index contributed by atoms with van der Waals surface area (Å²) in [6.07, 6.45) is 8.22. The maximum Gasteiger partial charge on any atom is 0.206 e. The number of sulfone groups is 1. The highest BCUT2D eigenvalue weighted by Crippen LogP contribution is 2.34. The van der Waals surface area contributed by atoms with Gasteiger partial charge in [-0.2, -0.15) is 0 Å². The summed E-state index contributed by atoms with van der Waals surface area (Å²) in [6, 6.07) is 22.6. The Morgan fingerprint density at radius 2 is 1.22 bits per heavy atom. The molecule has 0 unspecified atom stereocenters. The molecular formula is C31H36O4S. The zero-order valence-electron chi connectivity index (χ0n) is 21.8. The van der Waals surface area contributed by atoms with Gasteiger partial charge in [-0.25, -0.2) is 8.42 Å². The Morgan fingerprint density at radius 1 is 0.750 bits per heavy atom. The van der Waals surface area contributed by atoms with E-state index in [1.807, 2.05) is 30.3 Å². The molecule has 0 radical (unpaired) electrons. The highest BCUT2D eigenvalue weighted by atomic mass is 32.2. The van der Waals surface area contributed by atoms with E-state index < -0.39 is 9.84 Å².